The number of hydrogen-bond acceptors (Lipinski definition) is 2. The third-order valence-electron chi connectivity index (χ3n) is 4.41. The minimum absolute atomic E-state index is 0.432. The van der Waals surface area contributed by atoms with Crippen LogP contribution in [0.5, 0.6) is 5.75 Å². The first kappa shape index (κ1) is 15.7. The number of benzene rings is 1. The highest BCUT2D eigenvalue weighted by molar-refractivity contribution is 6.32. The zero-order chi connectivity index (χ0) is 14.4. The molecule has 112 valence electrons. The topological polar surface area (TPSA) is 35.2 Å². The quantitative estimate of drug-likeness (QED) is 0.796. The lowest BCUT2D eigenvalue weighted by molar-refractivity contribution is 0.339. The lowest BCUT2D eigenvalue weighted by Gasteiger charge is -2.26. The van der Waals surface area contributed by atoms with Crippen LogP contribution < -0.4 is 10.5 Å². The molecule has 0 spiro atoms. The molecule has 1 unspecified atom stereocenters. The van der Waals surface area contributed by atoms with E-state index in [0.717, 1.165) is 5.75 Å². The third kappa shape index (κ3) is 3.89. The van der Waals surface area contributed by atoms with Crippen LogP contribution in [0.3, 0.4) is 0 Å². The minimum Gasteiger partial charge on any atom is -0.492 e. The van der Waals surface area contributed by atoms with E-state index in [1.54, 1.807) is 0 Å². The first-order valence-electron chi connectivity index (χ1n) is 7.88. The van der Waals surface area contributed by atoms with Crippen molar-refractivity contribution in [1.29, 1.82) is 0 Å². The Labute approximate surface area is 127 Å². The predicted octanol–water partition coefficient (Wildman–Crippen LogP) is 4.75. The Bertz CT molecular complexity index is 413. The molecule has 1 atom stereocenters. The van der Waals surface area contributed by atoms with E-state index in [9.17, 15) is 0 Å². The van der Waals surface area contributed by atoms with Gasteiger partial charge in [0.2, 0.25) is 0 Å². The van der Waals surface area contributed by atoms with Crippen LogP contribution in [0.1, 0.15) is 56.9 Å². The Hall–Kier alpha value is -0.730. The van der Waals surface area contributed by atoms with Crippen LogP contribution in [0.15, 0.2) is 18.2 Å². The second-order valence-electron chi connectivity index (χ2n) is 5.72. The molecule has 1 aromatic rings. The van der Waals surface area contributed by atoms with Gasteiger partial charge in [-0.05, 0) is 55.8 Å². The number of rotatable bonds is 5. The Morgan fingerprint density at radius 3 is 2.50 bits per heavy atom. The summed E-state index contributed by atoms with van der Waals surface area (Å²) in [7, 11) is 0. The van der Waals surface area contributed by atoms with Gasteiger partial charge in [-0.15, -0.1) is 0 Å². The molecule has 20 heavy (non-hydrogen) atoms. The summed E-state index contributed by atoms with van der Waals surface area (Å²) in [5, 5.41) is 0.705. The summed E-state index contributed by atoms with van der Waals surface area (Å²) in [4.78, 5) is 0. The van der Waals surface area contributed by atoms with E-state index in [1.165, 1.54) is 44.1 Å². The number of halogens is 1. The van der Waals surface area contributed by atoms with Gasteiger partial charge >= 0.3 is 0 Å². The molecule has 0 aromatic heterocycles. The van der Waals surface area contributed by atoms with Gasteiger partial charge in [0.1, 0.15) is 5.75 Å². The smallest absolute Gasteiger partial charge is 0.137 e. The summed E-state index contributed by atoms with van der Waals surface area (Å²) < 4.78 is 5.51. The van der Waals surface area contributed by atoms with Crippen molar-refractivity contribution in [3.05, 3.63) is 28.8 Å². The van der Waals surface area contributed by atoms with Crippen molar-refractivity contribution in [2.75, 3.05) is 13.2 Å². The summed E-state index contributed by atoms with van der Waals surface area (Å²) in [5.74, 6) is 1.91. The monoisotopic (exact) mass is 295 g/mol. The maximum absolute atomic E-state index is 6.31. The number of nitrogens with two attached hydrogens (primary N) is 1. The minimum atomic E-state index is 0.432. The molecule has 0 aliphatic heterocycles. The fraction of sp³-hybridized carbons (Fsp3) is 0.647. The first-order chi connectivity index (χ1) is 9.76. The standard InChI is InChI=1S/C17H26ClNO/c1-2-20-17-10-9-14(11-16(17)18)15(12-19)13-7-5-3-4-6-8-13/h9-11,13,15H,2-8,12,19H2,1H3. The Morgan fingerprint density at radius 1 is 1.25 bits per heavy atom. The van der Waals surface area contributed by atoms with Gasteiger partial charge in [-0.3, -0.25) is 0 Å². The maximum atomic E-state index is 6.31. The van der Waals surface area contributed by atoms with Gasteiger partial charge in [-0.2, -0.15) is 0 Å². The van der Waals surface area contributed by atoms with Crippen molar-refractivity contribution in [3.8, 4) is 5.75 Å². The van der Waals surface area contributed by atoms with Gasteiger partial charge < -0.3 is 10.5 Å². The van der Waals surface area contributed by atoms with Crippen LogP contribution in [0, 0.1) is 5.92 Å². The van der Waals surface area contributed by atoms with Crippen LogP contribution >= 0.6 is 11.6 Å². The van der Waals surface area contributed by atoms with Crippen molar-refractivity contribution < 1.29 is 4.74 Å². The van der Waals surface area contributed by atoms with Gasteiger partial charge in [0, 0.05) is 0 Å². The van der Waals surface area contributed by atoms with E-state index >= 15 is 0 Å². The summed E-state index contributed by atoms with van der Waals surface area (Å²) in [6.07, 6.45) is 8.02. The molecule has 3 heteroatoms. The molecule has 0 amide bonds. The van der Waals surface area contributed by atoms with Crippen LogP contribution in [0.4, 0.5) is 0 Å². The summed E-state index contributed by atoms with van der Waals surface area (Å²) >= 11 is 6.31. The predicted molar refractivity (Wildman–Crippen MR) is 85.6 cm³/mol. The van der Waals surface area contributed by atoms with Gasteiger partial charge in [0.05, 0.1) is 11.6 Å². The summed E-state index contributed by atoms with van der Waals surface area (Å²) in [5.41, 5.74) is 7.33. The molecule has 0 saturated heterocycles. The van der Waals surface area contributed by atoms with Crippen LogP contribution in [0.2, 0.25) is 5.02 Å². The fourth-order valence-corrected chi connectivity index (χ4v) is 3.58. The maximum Gasteiger partial charge on any atom is 0.137 e. The molecular formula is C17H26ClNO. The molecule has 0 heterocycles. The molecule has 2 nitrogen and oxygen atoms in total. The highest BCUT2D eigenvalue weighted by atomic mass is 35.5. The Morgan fingerprint density at radius 2 is 1.95 bits per heavy atom. The SMILES string of the molecule is CCOc1ccc(C(CN)C2CCCCCC2)cc1Cl. The summed E-state index contributed by atoms with van der Waals surface area (Å²) in [6.45, 7) is 3.31. The zero-order valence-electron chi connectivity index (χ0n) is 12.4. The van der Waals surface area contributed by atoms with E-state index < -0.39 is 0 Å². The Kier molecular flexibility index (Phi) is 6.18. The fourth-order valence-electron chi connectivity index (χ4n) is 3.33. The van der Waals surface area contributed by atoms with Crippen molar-refractivity contribution >= 4 is 11.6 Å². The van der Waals surface area contributed by atoms with E-state index in [0.29, 0.717) is 30.0 Å². The molecule has 1 aliphatic rings. The summed E-state index contributed by atoms with van der Waals surface area (Å²) in [6, 6.07) is 6.18. The lowest BCUT2D eigenvalue weighted by Crippen LogP contribution is -2.21. The second-order valence-corrected chi connectivity index (χ2v) is 6.12. The van der Waals surface area contributed by atoms with Crippen molar-refractivity contribution in [1.82, 2.24) is 0 Å². The van der Waals surface area contributed by atoms with E-state index in [4.69, 9.17) is 22.1 Å². The highest BCUT2D eigenvalue weighted by Gasteiger charge is 2.23. The number of ether oxygens (including phenoxy) is 1. The lowest BCUT2D eigenvalue weighted by atomic mass is 9.81. The molecule has 1 aromatic carbocycles. The molecule has 1 fully saturated rings. The molecule has 2 rings (SSSR count). The zero-order valence-corrected chi connectivity index (χ0v) is 13.2. The normalized spacial score (nSPS) is 18.6. The first-order valence-corrected chi connectivity index (χ1v) is 8.26. The average molecular weight is 296 g/mol. The largest absolute Gasteiger partial charge is 0.492 e. The van der Waals surface area contributed by atoms with Crippen molar-refractivity contribution in [2.24, 2.45) is 11.7 Å². The Balaban J connectivity index is 2.15. The van der Waals surface area contributed by atoms with Crippen molar-refractivity contribution in [2.45, 2.75) is 51.4 Å². The highest BCUT2D eigenvalue weighted by Crippen LogP contribution is 2.37. The van der Waals surface area contributed by atoms with Gasteiger partial charge in [-0.1, -0.05) is 43.4 Å². The van der Waals surface area contributed by atoms with Gasteiger partial charge in [0.15, 0.2) is 0 Å². The molecule has 2 N–H and O–H groups in total. The van der Waals surface area contributed by atoms with E-state index in [1.807, 2.05) is 13.0 Å². The van der Waals surface area contributed by atoms with E-state index in [2.05, 4.69) is 12.1 Å². The molecular weight excluding hydrogens is 270 g/mol. The van der Waals surface area contributed by atoms with Crippen molar-refractivity contribution in [3.63, 3.8) is 0 Å². The van der Waals surface area contributed by atoms with Gasteiger partial charge in [0.25, 0.3) is 0 Å². The van der Waals surface area contributed by atoms with Crippen LogP contribution in [0.25, 0.3) is 0 Å². The molecule has 0 radical (unpaired) electrons. The van der Waals surface area contributed by atoms with Gasteiger partial charge in [-0.25, -0.2) is 0 Å². The molecule has 1 aliphatic carbocycles. The third-order valence-corrected chi connectivity index (χ3v) is 4.70. The second kappa shape index (κ2) is 7.90. The average Bonchev–Trinajstić information content (AvgIpc) is 2.72. The number of hydrogen-bond donors (Lipinski definition) is 1. The van der Waals surface area contributed by atoms with Crippen LogP contribution in [-0.2, 0) is 0 Å². The van der Waals surface area contributed by atoms with E-state index in [-0.39, 0.29) is 0 Å². The molecule has 1 saturated carbocycles. The molecule has 0 bridgehead atoms. The van der Waals surface area contributed by atoms with Crippen LogP contribution in [-0.4, -0.2) is 13.2 Å².